The fourth-order valence-corrected chi connectivity index (χ4v) is 4.38. The van der Waals surface area contributed by atoms with Crippen LogP contribution in [0.5, 0.6) is 5.88 Å². The maximum Gasteiger partial charge on any atom is 0.231 e. The van der Waals surface area contributed by atoms with Crippen molar-refractivity contribution >= 4 is 21.4 Å². The number of fused-ring (bicyclic) bond motifs is 1. The number of carbonyl (C=O) groups is 1. The average molecular weight is 498 g/mol. The summed E-state index contributed by atoms with van der Waals surface area (Å²) in [5, 5.41) is 14.7. The fourth-order valence-electron chi connectivity index (χ4n) is 3.32. The first-order valence-corrected chi connectivity index (χ1v) is 12.5. The fraction of sp³-hybridized carbons (Fsp3) is 0.250. The lowest BCUT2D eigenvalue weighted by atomic mass is 10.1. The Morgan fingerprint density at radius 3 is 2.57 bits per heavy atom. The molecule has 2 heterocycles. The monoisotopic (exact) mass is 497 g/mol. The van der Waals surface area contributed by atoms with Gasteiger partial charge in [0.25, 0.3) is 0 Å². The standard InChI is InChI=1S/C24H24FN5O4S/c1-16(2)35(32,33)20-8-6-17(7-9-20)14-22(31)26-12-13-34-23-11-10-21-27-28-24(30(21)29-23)18-4-3-5-19(25)15-18/h3-11,15-16H,12-14H2,1-2H3,(H,26,31). The van der Waals surface area contributed by atoms with Gasteiger partial charge in [-0.05, 0) is 49.7 Å². The largest absolute Gasteiger partial charge is 0.475 e. The summed E-state index contributed by atoms with van der Waals surface area (Å²) in [6.07, 6.45) is 0.115. The van der Waals surface area contributed by atoms with Gasteiger partial charge in [-0.3, -0.25) is 4.79 Å². The Labute approximate surface area is 201 Å². The average Bonchev–Trinajstić information content (AvgIpc) is 3.25. The van der Waals surface area contributed by atoms with Crippen LogP contribution in [0.3, 0.4) is 0 Å². The Kier molecular flexibility index (Phi) is 7.06. The molecule has 182 valence electrons. The molecule has 0 bridgehead atoms. The third kappa shape index (κ3) is 5.62. The maximum atomic E-state index is 13.6. The van der Waals surface area contributed by atoms with Gasteiger partial charge in [0.15, 0.2) is 21.3 Å². The van der Waals surface area contributed by atoms with E-state index in [4.69, 9.17) is 4.74 Å². The predicted molar refractivity (Wildman–Crippen MR) is 127 cm³/mol. The lowest BCUT2D eigenvalue weighted by Crippen LogP contribution is -2.29. The third-order valence-corrected chi connectivity index (χ3v) is 7.40. The molecule has 2 aromatic heterocycles. The van der Waals surface area contributed by atoms with Gasteiger partial charge in [0.2, 0.25) is 11.8 Å². The van der Waals surface area contributed by atoms with Crippen molar-refractivity contribution in [2.24, 2.45) is 0 Å². The van der Waals surface area contributed by atoms with Crippen LogP contribution < -0.4 is 10.1 Å². The summed E-state index contributed by atoms with van der Waals surface area (Å²) in [6, 6.07) is 15.6. The second kappa shape index (κ2) is 10.2. The minimum absolute atomic E-state index is 0.115. The number of aromatic nitrogens is 4. The summed E-state index contributed by atoms with van der Waals surface area (Å²) in [6.45, 7) is 3.68. The van der Waals surface area contributed by atoms with E-state index in [-0.39, 0.29) is 36.2 Å². The maximum absolute atomic E-state index is 13.6. The summed E-state index contributed by atoms with van der Waals surface area (Å²) in [5.41, 5.74) is 1.72. The first-order chi connectivity index (χ1) is 16.7. The van der Waals surface area contributed by atoms with Gasteiger partial charge < -0.3 is 10.1 Å². The summed E-state index contributed by atoms with van der Waals surface area (Å²) >= 11 is 0. The number of nitrogens with one attached hydrogen (secondary N) is 1. The van der Waals surface area contributed by atoms with Gasteiger partial charge >= 0.3 is 0 Å². The van der Waals surface area contributed by atoms with Gasteiger partial charge in [0.1, 0.15) is 12.4 Å². The lowest BCUT2D eigenvalue weighted by Gasteiger charge is -2.09. The quantitative estimate of drug-likeness (QED) is 0.354. The minimum atomic E-state index is -3.35. The van der Waals surface area contributed by atoms with Crippen LogP contribution in [0.1, 0.15) is 19.4 Å². The number of halogens is 1. The Hall–Kier alpha value is -3.86. The molecule has 0 aliphatic rings. The molecule has 35 heavy (non-hydrogen) atoms. The molecule has 0 aliphatic carbocycles. The van der Waals surface area contributed by atoms with Crippen molar-refractivity contribution in [3.63, 3.8) is 0 Å². The third-order valence-electron chi connectivity index (χ3n) is 5.23. The molecule has 0 radical (unpaired) electrons. The van der Waals surface area contributed by atoms with E-state index in [0.29, 0.717) is 28.5 Å². The number of ether oxygens (including phenoxy) is 1. The molecule has 0 aliphatic heterocycles. The second-order valence-electron chi connectivity index (χ2n) is 8.09. The number of rotatable bonds is 9. The Balaban J connectivity index is 1.30. The summed E-state index contributed by atoms with van der Waals surface area (Å²) in [5.74, 6) is 0.0687. The highest BCUT2D eigenvalue weighted by molar-refractivity contribution is 7.92. The van der Waals surface area contributed by atoms with E-state index in [1.54, 1.807) is 50.2 Å². The van der Waals surface area contributed by atoms with Crippen LogP contribution in [-0.2, 0) is 21.1 Å². The van der Waals surface area contributed by atoms with Crippen molar-refractivity contribution in [2.45, 2.75) is 30.4 Å². The number of benzene rings is 2. The molecule has 1 amide bonds. The van der Waals surface area contributed by atoms with Crippen molar-refractivity contribution in [3.8, 4) is 17.3 Å². The summed E-state index contributed by atoms with van der Waals surface area (Å²) < 4.78 is 45.1. The Morgan fingerprint density at radius 1 is 1.09 bits per heavy atom. The normalized spacial score (nSPS) is 11.7. The van der Waals surface area contributed by atoms with Crippen molar-refractivity contribution < 1.29 is 22.3 Å². The van der Waals surface area contributed by atoms with Crippen molar-refractivity contribution in [1.82, 2.24) is 25.1 Å². The highest BCUT2D eigenvalue weighted by Crippen LogP contribution is 2.20. The number of hydrogen-bond donors (Lipinski definition) is 1. The predicted octanol–water partition coefficient (Wildman–Crippen LogP) is 2.85. The van der Waals surface area contributed by atoms with Crippen molar-refractivity contribution in [1.29, 1.82) is 0 Å². The zero-order valence-corrected chi connectivity index (χ0v) is 20.0. The topological polar surface area (TPSA) is 116 Å². The first-order valence-electron chi connectivity index (χ1n) is 10.9. The highest BCUT2D eigenvalue weighted by Gasteiger charge is 2.19. The molecule has 11 heteroatoms. The second-order valence-corrected chi connectivity index (χ2v) is 10.6. The van der Waals surface area contributed by atoms with Crippen LogP contribution in [0, 0.1) is 5.82 Å². The van der Waals surface area contributed by atoms with Crippen LogP contribution in [0.15, 0.2) is 65.6 Å². The van der Waals surface area contributed by atoms with E-state index in [1.165, 1.54) is 28.8 Å². The zero-order valence-electron chi connectivity index (χ0n) is 19.2. The lowest BCUT2D eigenvalue weighted by molar-refractivity contribution is -0.120. The summed E-state index contributed by atoms with van der Waals surface area (Å²) in [7, 11) is -3.35. The van der Waals surface area contributed by atoms with Crippen molar-refractivity contribution in [2.75, 3.05) is 13.2 Å². The van der Waals surface area contributed by atoms with Crippen LogP contribution in [-0.4, -0.2) is 52.5 Å². The van der Waals surface area contributed by atoms with Crippen LogP contribution in [0.2, 0.25) is 0 Å². The Bertz CT molecular complexity index is 1450. The van der Waals surface area contributed by atoms with E-state index in [9.17, 15) is 17.6 Å². The number of nitrogens with zero attached hydrogens (tertiary/aromatic N) is 4. The molecule has 4 aromatic rings. The number of carbonyl (C=O) groups excluding carboxylic acids is 1. The van der Waals surface area contributed by atoms with Gasteiger partial charge in [0.05, 0.1) is 23.1 Å². The van der Waals surface area contributed by atoms with Crippen LogP contribution >= 0.6 is 0 Å². The minimum Gasteiger partial charge on any atom is -0.475 e. The highest BCUT2D eigenvalue weighted by atomic mass is 32.2. The van der Waals surface area contributed by atoms with Gasteiger partial charge in [-0.1, -0.05) is 24.3 Å². The zero-order chi connectivity index (χ0) is 25.0. The molecule has 0 fully saturated rings. The molecule has 9 nitrogen and oxygen atoms in total. The SMILES string of the molecule is CC(C)S(=O)(=O)c1ccc(CC(=O)NCCOc2ccc3nnc(-c4cccc(F)c4)n3n2)cc1. The van der Waals surface area contributed by atoms with Gasteiger partial charge in [-0.15, -0.1) is 15.3 Å². The van der Waals surface area contributed by atoms with E-state index >= 15 is 0 Å². The molecule has 0 saturated heterocycles. The molecule has 4 rings (SSSR count). The molecule has 0 atom stereocenters. The molecular formula is C24H24FN5O4S. The van der Waals surface area contributed by atoms with E-state index in [0.717, 1.165) is 0 Å². The molecule has 0 spiro atoms. The molecule has 0 saturated carbocycles. The number of amides is 1. The van der Waals surface area contributed by atoms with E-state index in [2.05, 4.69) is 20.6 Å². The van der Waals surface area contributed by atoms with Crippen molar-refractivity contribution in [3.05, 3.63) is 72.0 Å². The van der Waals surface area contributed by atoms with Gasteiger partial charge in [-0.25, -0.2) is 12.8 Å². The molecule has 0 unspecified atom stereocenters. The van der Waals surface area contributed by atoms with Gasteiger partial charge in [0, 0.05) is 11.6 Å². The van der Waals surface area contributed by atoms with Gasteiger partial charge in [-0.2, -0.15) is 4.52 Å². The van der Waals surface area contributed by atoms with E-state index in [1.807, 2.05) is 0 Å². The Morgan fingerprint density at radius 2 is 1.86 bits per heavy atom. The first kappa shape index (κ1) is 24.3. The van der Waals surface area contributed by atoms with Crippen LogP contribution in [0.4, 0.5) is 4.39 Å². The summed E-state index contributed by atoms with van der Waals surface area (Å²) in [4.78, 5) is 12.5. The number of sulfone groups is 1. The molecule has 1 N–H and O–H groups in total. The molecular weight excluding hydrogens is 473 g/mol. The number of hydrogen-bond acceptors (Lipinski definition) is 7. The smallest absolute Gasteiger partial charge is 0.231 e. The van der Waals surface area contributed by atoms with Crippen LogP contribution in [0.25, 0.3) is 17.0 Å². The molecule has 2 aromatic carbocycles. The van der Waals surface area contributed by atoms with E-state index < -0.39 is 15.1 Å².